The highest BCUT2D eigenvalue weighted by Gasteiger charge is 2.14. The molecule has 0 saturated heterocycles. The zero-order chi connectivity index (χ0) is 18.5. The molecular formula is C22H34O4. The van der Waals surface area contributed by atoms with Crippen LogP contribution in [-0.4, -0.2) is 24.1 Å². The van der Waals surface area contributed by atoms with Gasteiger partial charge < -0.3 is 9.47 Å². The Morgan fingerprint density at radius 1 is 0.692 bits per heavy atom. The van der Waals surface area contributed by atoms with Crippen molar-refractivity contribution in [2.24, 2.45) is 0 Å². The average Bonchev–Trinajstić information content (AvgIpc) is 2.65. The van der Waals surface area contributed by atoms with Gasteiger partial charge in [0.05, 0.1) is 0 Å². The van der Waals surface area contributed by atoms with Crippen LogP contribution < -0.4 is 0 Å². The molecule has 0 bridgehead atoms. The monoisotopic (exact) mass is 362 g/mol. The van der Waals surface area contributed by atoms with E-state index in [0.717, 1.165) is 77.0 Å². The molecule has 0 heterocycles. The molecule has 2 rings (SSSR count). The van der Waals surface area contributed by atoms with Crippen molar-refractivity contribution in [3.8, 4) is 0 Å². The summed E-state index contributed by atoms with van der Waals surface area (Å²) < 4.78 is 10.9. The first-order valence-corrected chi connectivity index (χ1v) is 10.5. The number of rotatable bonds is 11. The van der Waals surface area contributed by atoms with Crippen LogP contribution in [0.15, 0.2) is 24.3 Å². The summed E-state index contributed by atoms with van der Waals surface area (Å²) in [5.41, 5.74) is 0. The molecule has 26 heavy (non-hydrogen) atoms. The lowest BCUT2D eigenvalue weighted by Gasteiger charge is -2.17. The highest BCUT2D eigenvalue weighted by molar-refractivity contribution is 5.70. The van der Waals surface area contributed by atoms with Crippen molar-refractivity contribution >= 4 is 11.9 Å². The zero-order valence-corrected chi connectivity index (χ0v) is 16.0. The third-order valence-electron chi connectivity index (χ3n) is 5.00. The molecule has 0 fully saturated rings. The highest BCUT2D eigenvalue weighted by atomic mass is 16.5. The maximum Gasteiger partial charge on any atom is 0.306 e. The van der Waals surface area contributed by atoms with E-state index in [2.05, 4.69) is 12.2 Å². The third kappa shape index (κ3) is 9.21. The topological polar surface area (TPSA) is 52.6 Å². The van der Waals surface area contributed by atoms with Crippen LogP contribution in [0, 0.1) is 0 Å². The number of unbranched alkanes of at least 4 members (excludes halogenated alkanes) is 5. The van der Waals surface area contributed by atoms with Crippen molar-refractivity contribution in [3.05, 3.63) is 24.3 Å². The molecule has 4 heteroatoms. The van der Waals surface area contributed by atoms with Gasteiger partial charge in [-0.1, -0.05) is 37.8 Å². The predicted molar refractivity (Wildman–Crippen MR) is 103 cm³/mol. The lowest BCUT2D eigenvalue weighted by Crippen LogP contribution is -2.17. The maximum absolute atomic E-state index is 11.8. The molecule has 0 saturated carbocycles. The zero-order valence-electron chi connectivity index (χ0n) is 16.0. The minimum absolute atomic E-state index is 0.0000987. The largest absolute Gasteiger partial charge is 0.458 e. The molecule has 2 atom stereocenters. The van der Waals surface area contributed by atoms with Crippen LogP contribution in [0.1, 0.15) is 89.9 Å². The minimum atomic E-state index is -0.0685. The number of allylic oxidation sites excluding steroid dienone is 2. The van der Waals surface area contributed by atoms with E-state index in [1.165, 1.54) is 0 Å². The van der Waals surface area contributed by atoms with E-state index in [4.69, 9.17) is 9.47 Å². The van der Waals surface area contributed by atoms with Crippen molar-refractivity contribution < 1.29 is 19.1 Å². The Bertz CT molecular complexity index is 437. The van der Waals surface area contributed by atoms with Crippen molar-refractivity contribution in [3.63, 3.8) is 0 Å². The Morgan fingerprint density at radius 2 is 1.12 bits per heavy atom. The van der Waals surface area contributed by atoms with Crippen LogP contribution in [0.4, 0.5) is 0 Å². The number of hydrogen-bond acceptors (Lipinski definition) is 4. The first-order chi connectivity index (χ1) is 12.7. The second-order valence-electron chi connectivity index (χ2n) is 7.40. The van der Waals surface area contributed by atoms with Gasteiger partial charge in [-0.25, -0.2) is 0 Å². The molecule has 2 aliphatic rings. The van der Waals surface area contributed by atoms with Crippen LogP contribution in [-0.2, 0) is 19.1 Å². The smallest absolute Gasteiger partial charge is 0.306 e. The SMILES string of the molecule is O=C(CCCCCCCCC(=O)OC1C=CCCC1)OC1C=CCCC1. The van der Waals surface area contributed by atoms with Crippen molar-refractivity contribution in [1.82, 2.24) is 0 Å². The Morgan fingerprint density at radius 3 is 1.50 bits per heavy atom. The number of carbonyl (C=O) groups is 2. The third-order valence-corrected chi connectivity index (χ3v) is 5.00. The van der Waals surface area contributed by atoms with Gasteiger partial charge in [0.1, 0.15) is 12.2 Å². The Hall–Kier alpha value is -1.58. The van der Waals surface area contributed by atoms with Gasteiger partial charge in [-0.3, -0.25) is 9.59 Å². The Labute approximate surface area is 158 Å². The van der Waals surface area contributed by atoms with Gasteiger partial charge in [-0.15, -0.1) is 0 Å². The fraction of sp³-hybridized carbons (Fsp3) is 0.727. The first-order valence-electron chi connectivity index (χ1n) is 10.5. The lowest BCUT2D eigenvalue weighted by molar-refractivity contribution is -0.148. The number of esters is 2. The number of ether oxygens (including phenoxy) is 2. The molecule has 0 aromatic carbocycles. The minimum Gasteiger partial charge on any atom is -0.458 e. The van der Waals surface area contributed by atoms with Gasteiger partial charge >= 0.3 is 11.9 Å². The maximum atomic E-state index is 11.8. The summed E-state index contributed by atoms with van der Waals surface area (Å²) in [4.78, 5) is 23.5. The molecule has 0 radical (unpaired) electrons. The fourth-order valence-electron chi connectivity index (χ4n) is 3.46. The molecule has 2 unspecified atom stereocenters. The highest BCUT2D eigenvalue weighted by Crippen LogP contribution is 2.16. The molecule has 4 nitrogen and oxygen atoms in total. The van der Waals surface area contributed by atoms with Gasteiger partial charge in [-0.05, 0) is 63.5 Å². The molecule has 0 aromatic rings. The molecule has 0 spiro atoms. The summed E-state index contributed by atoms with van der Waals surface area (Å²) in [6, 6.07) is 0. The van der Waals surface area contributed by atoms with Gasteiger partial charge in [0.25, 0.3) is 0 Å². The molecule has 2 aliphatic carbocycles. The Balaban J connectivity index is 1.38. The Kier molecular flexibility index (Phi) is 10.1. The second-order valence-corrected chi connectivity index (χ2v) is 7.40. The van der Waals surface area contributed by atoms with Crippen LogP contribution >= 0.6 is 0 Å². The summed E-state index contributed by atoms with van der Waals surface area (Å²) in [5, 5.41) is 0. The van der Waals surface area contributed by atoms with Crippen LogP contribution in [0.25, 0.3) is 0 Å². The van der Waals surface area contributed by atoms with E-state index in [1.807, 2.05) is 12.2 Å². The van der Waals surface area contributed by atoms with Crippen molar-refractivity contribution in [2.75, 3.05) is 0 Å². The van der Waals surface area contributed by atoms with Crippen molar-refractivity contribution in [2.45, 2.75) is 102 Å². The van der Waals surface area contributed by atoms with E-state index in [9.17, 15) is 9.59 Å². The van der Waals surface area contributed by atoms with Gasteiger partial charge in [0, 0.05) is 12.8 Å². The normalized spacial score (nSPS) is 22.2. The fourth-order valence-corrected chi connectivity index (χ4v) is 3.46. The van der Waals surface area contributed by atoms with Gasteiger partial charge in [0.15, 0.2) is 0 Å². The molecule has 0 aliphatic heterocycles. The number of hydrogen-bond donors (Lipinski definition) is 0. The molecule has 0 N–H and O–H groups in total. The van der Waals surface area contributed by atoms with E-state index in [-0.39, 0.29) is 24.1 Å². The van der Waals surface area contributed by atoms with Gasteiger partial charge in [-0.2, -0.15) is 0 Å². The molecular weight excluding hydrogens is 328 g/mol. The summed E-state index contributed by atoms with van der Waals surface area (Å²) in [5.74, 6) is -0.137. The standard InChI is InChI=1S/C22H34O4/c23-21(25-19-13-7-5-8-14-19)17-11-3-1-2-4-12-18-22(24)26-20-15-9-6-10-16-20/h7,9,13,15,19-20H,1-6,8,10-12,14,16-18H2. The molecule has 0 aromatic heterocycles. The van der Waals surface area contributed by atoms with Crippen molar-refractivity contribution in [1.29, 1.82) is 0 Å². The van der Waals surface area contributed by atoms with E-state index >= 15 is 0 Å². The van der Waals surface area contributed by atoms with E-state index in [0.29, 0.717) is 12.8 Å². The van der Waals surface area contributed by atoms with Crippen LogP contribution in [0.3, 0.4) is 0 Å². The van der Waals surface area contributed by atoms with E-state index < -0.39 is 0 Å². The molecule has 146 valence electrons. The van der Waals surface area contributed by atoms with Crippen LogP contribution in [0.5, 0.6) is 0 Å². The summed E-state index contributed by atoms with van der Waals surface area (Å²) in [7, 11) is 0. The summed E-state index contributed by atoms with van der Waals surface area (Å²) >= 11 is 0. The average molecular weight is 363 g/mol. The summed E-state index contributed by atoms with van der Waals surface area (Å²) in [6.07, 6.45) is 21.7. The first kappa shape index (κ1) is 20.7. The van der Waals surface area contributed by atoms with Crippen LogP contribution in [0.2, 0.25) is 0 Å². The predicted octanol–water partition coefficient (Wildman–Crippen LogP) is 5.41. The summed E-state index contributed by atoms with van der Waals surface area (Å²) in [6.45, 7) is 0. The number of carbonyl (C=O) groups excluding carboxylic acids is 2. The quantitative estimate of drug-likeness (QED) is 0.280. The van der Waals surface area contributed by atoms with Gasteiger partial charge in [0.2, 0.25) is 0 Å². The second kappa shape index (κ2) is 12.7. The lowest BCUT2D eigenvalue weighted by atomic mass is 10.1. The van der Waals surface area contributed by atoms with E-state index in [1.54, 1.807) is 0 Å². The molecule has 0 amide bonds.